The summed E-state index contributed by atoms with van der Waals surface area (Å²) in [7, 11) is 1.62. The van der Waals surface area contributed by atoms with Crippen LogP contribution in [0.1, 0.15) is 36.5 Å². The van der Waals surface area contributed by atoms with Crippen LogP contribution in [0.15, 0.2) is 48.5 Å². The number of benzene rings is 2. The quantitative estimate of drug-likeness (QED) is 0.390. The first-order chi connectivity index (χ1) is 15.0. The first-order valence-corrected chi connectivity index (χ1v) is 10.3. The number of carbonyl (C=O) groups is 3. The summed E-state index contributed by atoms with van der Waals surface area (Å²) in [6.07, 6.45) is 1.98. The average Bonchev–Trinajstić information content (AvgIpc) is 2.76. The highest BCUT2D eigenvalue weighted by atomic mass is 16.5. The van der Waals surface area contributed by atoms with Crippen molar-refractivity contribution < 1.29 is 19.1 Å². The number of amides is 3. The maximum Gasteiger partial charge on any atom is 0.251 e. The molecule has 0 fully saturated rings. The van der Waals surface area contributed by atoms with Crippen molar-refractivity contribution in [2.45, 2.75) is 26.2 Å². The zero-order valence-corrected chi connectivity index (χ0v) is 18.0. The lowest BCUT2D eigenvalue weighted by molar-refractivity contribution is -0.116. The normalized spacial score (nSPS) is 10.3. The van der Waals surface area contributed by atoms with Gasteiger partial charge in [-0.2, -0.15) is 0 Å². The minimum absolute atomic E-state index is 0.0558. The van der Waals surface area contributed by atoms with Crippen molar-refractivity contribution in [1.82, 2.24) is 5.32 Å². The first kappa shape index (κ1) is 23.9. The molecule has 2 aromatic rings. The average molecular weight is 427 g/mol. The third kappa shape index (κ3) is 8.88. The van der Waals surface area contributed by atoms with E-state index in [2.05, 4.69) is 21.3 Å². The monoisotopic (exact) mass is 426 g/mol. The number of hydrogen-bond donors (Lipinski definition) is 4. The molecule has 166 valence electrons. The third-order valence-corrected chi connectivity index (χ3v) is 4.32. The largest absolute Gasteiger partial charge is 0.385 e. The molecular weight excluding hydrogens is 396 g/mol. The molecule has 0 aliphatic carbocycles. The lowest BCUT2D eigenvalue weighted by Gasteiger charge is -2.10. The smallest absolute Gasteiger partial charge is 0.251 e. The Hall–Kier alpha value is -3.39. The van der Waals surface area contributed by atoms with E-state index in [-0.39, 0.29) is 24.3 Å². The summed E-state index contributed by atoms with van der Waals surface area (Å²) >= 11 is 0. The van der Waals surface area contributed by atoms with E-state index in [1.807, 2.05) is 6.92 Å². The van der Waals surface area contributed by atoms with Crippen LogP contribution in [0.25, 0.3) is 0 Å². The molecule has 0 saturated carbocycles. The highest BCUT2D eigenvalue weighted by Crippen LogP contribution is 2.16. The molecule has 4 N–H and O–H groups in total. The molecule has 0 radical (unpaired) electrons. The Morgan fingerprint density at radius 3 is 2.23 bits per heavy atom. The highest BCUT2D eigenvalue weighted by Gasteiger charge is 2.07. The van der Waals surface area contributed by atoms with Crippen LogP contribution >= 0.6 is 0 Å². The molecule has 0 aliphatic rings. The summed E-state index contributed by atoms with van der Waals surface area (Å²) in [5, 5.41) is 11.4. The molecular formula is C23H30N4O4. The molecule has 2 aromatic carbocycles. The lowest BCUT2D eigenvalue weighted by atomic mass is 10.2. The van der Waals surface area contributed by atoms with Gasteiger partial charge in [0.15, 0.2) is 0 Å². The molecule has 0 bridgehead atoms. The Bertz CT molecular complexity index is 868. The summed E-state index contributed by atoms with van der Waals surface area (Å²) in [6, 6.07) is 13.9. The Labute approximate surface area is 182 Å². The predicted molar refractivity (Wildman–Crippen MR) is 122 cm³/mol. The maximum atomic E-state index is 12.2. The third-order valence-electron chi connectivity index (χ3n) is 4.32. The standard InChI is InChI=1S/C23H30N4O4/c1-3-6-21(28)26-19-7-4-8-20(15-19)27-22(29)16-25-18-11-9-17(10-12-18)23(30)24-13-5-14-31-2/h4,7-12,15,25H,3,5-6,13-14,16H2,1-2H3,(H,24,30)(H,26,28)(H,27,29). The van der Waals surface area contributed by atoms with Crippen molar-refractivity contribution in [2.24, 2.45) is 0 Å². The van der Waals surface area contributed by atoms with Crippen molar-refractivity contribution in [3.8, 4) is 0 Å². The summed E-state index contributed by atoms with van der Waals surface area (Å²) in [5.74, 6) is -0.428. The van der Waals surface area contributed by atoms with Gasteiger partial charge in [0.05, 0.1) is 6.54 Å². The Morgan fingerprint density at radius 2 is 1.58 bits per heavy atom. The van der Waals surface area contributed by atoms with Crippen molar-refractivity contribution in [2.75, 3.05) is 42.8 Å². The van der Waals surface area contributed by atoms with E-state index in [0.29, 0.717) is 36.5 Å². The topological polar surface area (TPSA) is 109 Å². The van der Waals surface area contributed by atoms with Gasteiger partial charge in [-0.05, 0) is 55.3 Å². The van der Waals surface area contributed by atoms with Crippen LogP contribution in [0.2, 0.25) is 0 Å². The van der Waals surface area contributed by atoms with E-state index in [4.69, 9.17) is 4.74 Å². The molecule has 0 unspecified atom stereocenters. The number of hydrogen-bond acceptors (Lipinski definition) is 5. The second-order valence-electron chi connectivity index (χ2n) is 6.96. The van der Waals surface area contributed by atoms with Gasteiger partial charge in [0.2, 0.25) is 11.8 Å². The SMILES string of the molecule is CCCC(=O)Nc1cccc(NC(=O)CNc2ccc(C(=O)NCCCOC)cc2)c1. The van der Waals surface area contributed by atoms with Crippen LogP contribution in [0.5, 0.6) is 0 Å². The van der Waals surface area contributed by atoms with E-state index >= 15 is 0 Å². The van der Waals surface area contributed by atoms with Gasteiger partial charge in [0.1, 0.15) is 0 Å². The van der Waals surface area contributed by atoms with Gasteiger partial charge in [-0.3, -0.25) is 14.4 Å². The number of anilines is 3. The fraction of sp³-hybridized carbons (Fsp3) is 0.348. The molecule has 0 heterocycles. The van der Waals surface area contributed by atoms with Gasteiger partial charge in [0.25, 0.3) is 5.91 Å². The predicted octanol–water partition coefficient (Wildman–Crippen LogP) is 3.24. The van der Waals surface area contributed by atoms with Gasteiger partial charge in [-0.25, -0.2) is 0 Å². The van der Waals surface area contributed by atoms with E-state index in [9.17, 15) is 14.4 Å². The number of methoxy groups -OCH3 is 1. The molecule has 0 aromatic heterocycles. The van der Waals surface area contributed by atoms with E-state index in [0.717, 1.165) is 18.5 Å². The van der Waals surface area contributed by atoms with E-state index < -0.39 is 0 Å². The summed E-state index contributed by atoms with van der Waals surface area (Å²) in [6.45, 7) is 3.16. The molecule has 3 amide bonds. The van der Waals surface area contributed by atoms with Crippen molar-refractivity contribution in [3.63, 3.8) is 0 Å². The Balaban J connectivity index is 1.79. The van der Waals surface area contributed by atoms with Crippen LogP contribution in [0.4, 0.5) is 17.1 Å². The molecule has 8 heteroatoms. The molecule has 0 saturated heterocycles. The van der Waals surface area contributed by atoms with Crippen LogP contribution in [-0.2, 0) is 14.3 Å². The molecule has 0 atom stereocenters. The lowest BCUT2D eigenvalue weighted by Crippen LogP contribution is -2.25. The minimum Gasteiger partial charge on any atom is -0.385 e. The number of rotatable bonds is 12. The van der Waals surface area contributed by atoms with Crippen molar-refractivity contribution in [1.29, 1.82) is 0 Å². The molecule has 31 heavy (non-hydrogen) atoms. The van der Waals surface area contributed by atoms with Gasteiger partial charge >= 0.3 is 0 Å². The van der Waals surface area contributed by atoms with Crippen LogP contribution in [-0.4, -0.2) is 44.5 Å². The van der Waals surface area contributed by atoms with Crippen LogP contribution in [0.3, 0.4) is 0 Å². The van der Waals surface area contributed by atoms with Gasteiger partial charge in [-0.15, -0.1) is 0 Å². The fourth-order valence-corrected chi connectivity index (χ4v) is 2.77. The summed E-state index contributed by atoms with van der Waals surface area (Å²) in [4.78, 5) is 36.0. The summed E-state index contributed by atoms with van der Waals surface area (Å²) < 4.78 is 4.95. The number of nitrogens with one attached hydrogen (secondary N) is 4. The molecule has 2 rings (SSSR count). The van der Waals surface area contributed by atoms with Crippen molar-refractivity contribution in [3.05, 3.63) is 54.1 Å². The van der Waals surface area contributed by atoms with E-state index in [1.165, 1.54) is 0 Å². The van der Waals surface area contributed by atoms with E-state index in [1.54, 1.807) is 55.6 Å². The fourth-order valence-electron chi connectivity index (χ4n) is 2.77. The number of ether oxygens (including phenoxy) is 1. The Morgan fingerprint density at radius 1 is 0.903 bits per heavy atom. The van der Waals surface area contributed by atoms with Gasteiger partial charge < -0.3 is 26.0 Å². The maximum absolute atomic E-state index is 12.2. The zero-order chi connectivity index (χ0) is 22.5. The first-order valence-electron chi connectivity index (χ1n) is 10.3. The van der Waals surface area contributed by atoms with Gasteiger partial charge in [-0.1, -0.05) is 13.0 Å². The molecule has 0 spiro atoms. The minimum atomic E-state index is -0.225. The van der Waals surface area contributed by atoms with Gasteiger partial charge in [0, 0.05) is 49.3 Å². The highest BCUT2D eigenvalue weighted by molar-refractivity contribution is 5.96. The second-order valence-corrected chi connectivity index (χ2v) is 6.96. The summed E-state index contributed by atoms with van der Waals surface area (Å²) in [5.41, 5.74) is 2.52. The molecule has 8 nitrogen and oxygen atoms in total. The molecule has 0 aliphatic heterocycles. The van der Waals surface area contributed by atoms with Crippen LogP contribution in [0, 0.1) is 0 Å². The second kappa shape index (κ2) is 13.0. The van der Waals surface area contributed by atoms with Crippen molar-refractivity contribution >= 4 is 34.8 Å². The van der Waals surface area contributed by atoms with Crippen LogP contribution < -0.4 is 21.3 Å². The Kier molecular flexibility index (Phi) is 10.0. The zero-order valence-electron chi connectivity index (χ0n) is 18.0. The number of carbonyl (C=O) groups excluding carboxylic acids is 3.